The summed E-state index contributed by atoms with van der Waals surface area (Å²) in [6, 6.07) is 4.38. The van der Waals surface area contributed by atoms with Gasteiger partial charge in [-0.3, -0.25) is 19.8 Å². The fourth-order valence-electron chi connectivity index (χ4n) is 3.56. The zero-order valence-electron chi connectivity index (χ0n) is 15.6. The lowest BCUT2D eigenvalue weighted by Gasteiger charge is -2.35. The minimum absolute atomic E-state index is 0.0496. The Labute approximate surface area is 158 Å². The molecule has 0 spiro atoms. The molecule has 1 aliphatic carbocycles. The largest absolute Gasteiger partial charge is 0.493 e. The second-order valence-electron chi connectivity index (χ2n) is 6.63. The van der Waals surface area contributed by atoms with E-state index in [-0.39, 0.29) is 11.6 Å². The number of amides is 4. The number of barbiturate groups is 1. The highest BCUT2D eigenvalue weighted by molar-refractivity contribution is 6.31. The van der Waals surface area contributed by atoms with Gasteiger partial charge in [0.1, 0.15) is 5.57 Å². The molecule has 0 atom stereocenters. The van der Waals surface area contributed by atoms with Gasteiger partial charge in [-0.05, 0) is 43.5 Å². The number of urea groups is 1. The fourth-order valence-corrected chi connectivity index (χ4v) is 3.56. The van der Waals surface area contributed by atoms with Gasteiger partial charge in [0.05, 0.1) is 13.7 Å². The van der Waals surface area contributed by atoms with E-state index in [9.17, 15) is 14.4 Å². The minimum Gasteiger partial charge on any atom is -0.493 e. The number of hydrogen-bond acceptors (Lipinski definition) is 5. The summed E-state index contributed by atoms with van der Waals surface area (Å²) in [6.07, 6.45) is 6.09. The number of methoxy groups -OCH3 is 1. The van der Waals surface area contributed by atoms with Crippen LogP contribution < -0.4 is 14.8 Å². The Kier molecular flexibility index (Phi) is 5.78. The van der Waals surface area contributed by atoms with Gasteiger partial charge in [-0.1, -0.05) is 25.3 Å². The van der Waals surface area contributed by atoms with Gasteiger partial charge in [0, 0.05) is 6.04 Å². The van der Waals surface area contributed by atoms with Crippen molar-refractivity contribution >= 4 is 23.9 Å². The van der Waals surface area contributed by atoms with Crippen LogP contribution in [0.1, 0.15) is 44.6 Å². The highest BCUT2D eigenvalue weighted by Gasteiger charge is 2.40. The Hall–Kier alpha value is -2.83. The lowest BCUT2D eigenvalue weighted by molar-refractivity contribution is -0.132. The molecule has 1 aromatic carbocycles. The molecule has 1 saturated heterocycles. The average molecular weight is 372 g/mol. The van der Waals surface area contributed by atoms with Gasteiger partial charge < -0.3 is 9.47 Å². The number of rotatable bonds is 5. The third-order valence-electron chi connectivity index (χ3n) is 4.87. The van der Waals surface area contributed by atoms with Crippen LogP contribution in [0.25, 0.3) is 6.08 Å². The molecule has 27 heavy (non-hydrogen) atoms. The number of benzene rings is 1. The number of carbonyl (C=O) groups excluding carboxylic acids is 3. The molecule has 1 saturated carbocycles. The molecule has 2 aliphatic rings. The van der Waals surface area contributed by atoms with Crippen molar-refractivity contribution < 1.29 is 23.9 Å². The summed E-state index contributed by atoms with van der Waals surface area (Å²) in [5.41, 5.74) is 0.568. The molecule has 1 aliphatic heterocycles. The number of hydrogen-bond donors (Lipinski definition) is 1. The van der Waals surface area contributed by atoms with E-state index < -0.39 is 17.8 Å². The molecule has 0 unspecified atom stereocenters. The smallest absolute Gasteiger partial charge is 0.331 e. The SMILES string of the molecule is CCOc1ccc(/C=C2\C(=O)NC(=O)N(C3CCCCC3)C2=O)cc1OC. The molecule has 0 aromatic heterocycles. The van der Waals surface area contributed by atoms with E-state index >= 15 is 0 Å². The third-order valence-corrected chi connectivity index (χ3v) is 4.87. The molecule has 3 rings (SSSR count). The summed E-state index contributed by atoms with van der Waals surface area (Å²) in [7, 11) is 1.52. The van der Waals surface area contributed by atoms with E-state index in [1.807, 2.05) is 6.92 Å². The van der Waals surface area contributed by atoms with E-state index in [4.69, 9.17) is 9.47 Å². The topological polar surface area (TPSA) is 84.9 Å². The summed E-state index contributed by atoms with van der Waals surface area (Å²) in [6.45, 7) is 2.37. The maximum atomic E-state index is 12.9. The Bertz CT molecular complexity index is 781. The van der Waals surface area contributed by atoms with Crippen molar-refractivity contribution in [2.75, 3.05) is 13.7 Å². The van der Waals surface area contributed by atoms with Crippen molar-refractivity contribution in [1.82, 2.24) is 10.2 Å². The van der Waals surface area contributed by atoms with Crippen LogP contribution in [0.5, 0.6) is 11.5 Å². The molecule has 1 aromatic rings. The molecule has 0 radical (unpaired) electrons. The van der Waals surface area contributed by atoms with Gasteiger partial charge in [-0.15, -0.1) is 0 Å². The summed E-state index contributed by atoms with van der Waals surface area (Å²) in [5.74, 6) is -0.121. The molecule has 7 nitrogen and oxygen atoms in total. The zero-order valence-corrected chi connectivity index (χ0v) is 15.6. The standard InChI is InChI=1S/C20H24N2O5/c1-3-27-16-10-9-13(12-17(16)26-2)11-15-18(23)21-20(25)22(19(15)24)14-7-5-4-6-8-14/h9-12,14H,3-8H2,1-2H3,(H,21,23,25)/b15-11+. The Morgan fingerprint density at radius 3 is 2.56 bits per heavy atom. The number of ether oxygens (including phenoxy) is 2. The minimum atomic E-state index is -0.676. The van der Waals surface area contributed by atoms with Crippen LogP contribution in [0.3, 0.4) is 0 Å². The van der Waals surface area contributed by atoms with Gasteiger partial charge in [-0.25, -0.2) is 4.79 Å². The summed E-state index contributed by atoms with van der Waals surface area (Å²) < 4.78 is 10.8. The molecule has 7 heteroatoms. The molecule has 1 heterocycles. The molecule has 1 N–H and O–H groups in total. The van der Waals surface area contributed by atoms with E-state index in [1.54, 1.807) is 18.2 Å². The summed E-state index contributed by atoms with van der Waals surface area (Å²) in [4.78, 5) is 38.6. The number of nitrogens with one attached hydrogen (secondary N) is 1. The molecule has 4 amide bonds. The lowest BCUT2D eigenvalue weighted by Crippen LogP contribution is -2.58. The molecular weight excluding hydrogens is 348 g/mol. The van der Waals surface area contributed by atoms with Crippen LogP contribution in [0, 0.1) is 0 Å². The van der Waals surface area contributed by atoms with Crippen molar-refractivity contribution in [3.63, 3.8) is 0 Å². The lowest BCUT2D eigenvalue weighted by atomic mass is 9.93. The van der Waals surface area contributed by atoms with Crippen molar-refractivity contribution in [3.05, 3.63) is 29.3 Å². The second kappa shape index (κ2) is 8.24. The van der Waals surface area contributed by atoms with Crippen LogP contribution in [-0.4, -0.2) is 42.5 Å². The van der Waals surface area contributed by atoms with Crippen LogP contribution in [-0.2, 0) is 9.59 Å². The van der Waals surface area contributed by atoms with Crippen LogP contribution in [0.15, 0.2) is 23.8 Å². The van der Waals surface area contributed by atoms with Gasteiger partial charge in [-0.2, -0.15) is 0 Å². The second-order valence-corrected chi connectivity index (χ2v) is 6.63. The monoisotopic (exact) mass is 372 g/mol. The number of nitrogens with zero attached hydrogens (tertiary/aromatic N) is 1. The van der Waals surface area contributed by atoms with Gasteiger partial charge in [0.15, 0.2) is 11.5 Å². The quantitative estimate of drug-likeness (QED) is 0.635. The third kappa shape index (κ3) is 3.97. The highest BCUT2D eigenvalue weighted by atomic mass is 16.5. The van der Waals surface area contributed by atoms with E-state index in [0.717, 1.165) is 32.1 Å². The molecule has 144 valence electrons. The van der Waals surface area contributed by atoms with Crippen LogP contribution in [0.2, 0.25) is 0 Å². The predicted molar refractivity (Wildman–Crippen MR) is 99.4 cm³/mol. The first kappa shape index (κ1) is 18.9. The van der Waals surface area contributed by atoms with Gasteiger partial charge in [0.2, 0.25) is 0 Å². The highest BCUT2D eigenvalue weighted by Crippen LogP contribution is 2.30. The van der Waals surface area contributed by atoms with Gasteiger partial charge in [0.25, 0.3) is 11.8 Å². The van der Waals surface area contributed by atoms with E-state index in [0.29, 0.717) is 23.7 Å². The van der Waals surface area contributed by atoms with Crippen molar-refractivity contribution in [3.8, 4) is 11.5 Å². The fraction of sp³-hybridized carbons (Fsp3) is 0.450. The van der Waals surface area contributed by atoms with E-state index in [1.165, 1.54) is 18.1 Å². The number of imide groups is 2. The maximum Gasteiger partial charge on any atom is 0.331 e. The average Bonchev–Trinajstić information content (AvgIpc) is 2.67. The van der Waals surface area contributed by atoms with Crippen LogP contribution in [0.4, 0.5) is 4.79 Å². The first-order valence-electron chi connectivity index (χ1n) is 9.26. The maximum absolute atomic E-state index is 12.9. The Balaban J connectivity index is 1.90. The molecule has 2 fully saturated rings. The van der Waals surface area contributed by atoms with Crippen molar-refractivity contribution in [2.24, 2.45) is 0 Å². The van der Waals surface area contributed by atoms with Crippen molar-refractivity contribution in [1.29, 1.82) is 0 Å². The first-order valence-corrected chi connectivity index (χ1v) is 9.26. The zero-order chi connectivity index (χ0) is 19.4. The predicted octanol–water partition coefficient (Wildman–Crippen LogP) is 2.89. The molecule has 0 bridgehead atoms. The molecular formula is C20H24N2O5. The van der Waals surface area contributed by atoms with Crippen LogP contribution >= 0.6 is 0 Å². The summed E-state index contributed by atoms with van der Waals surface area (Å²) >= 11 is 0. The Morgan fingerprint density at radius 1 is 1.15 bits per heavy atom. The van der Waals surface area contributed by atoms with E-state index in [2.05, 4.69) is 5.32 Å². The van der Waals surface area contributed by atoms with Crippen molar-refractivity contribution in [2.45, 2.75) is 45.1 Å². The number of carbonyl (C=O) groups is 3. The summed E-state index contributed by atoms with van der Waals surface area (Å²) in [5, 5.41) is 2.29. The van der Waals surface area contributed by atoms with Gasteiger partial charge >= 0.3 is 6.03 Å². The Morgan fingerprint density at radius 2 is 1.89 bits per heavy atom. The first-order chi connectivity index (χ1) is 13.0. The normalized spacial score (nSPS) is 20.0.